The monoisotopic (exact) mass is 267 g/mol. The maximum absolute atomic E-state index is 12.8. The molecule has 3 rings (SSSR count). The van der Waals surface area contributed by atoms with E-state index >= 15 is 0 Å². The van der Waals surface area contributed by atoms with E-state index in [2.05, 4.69) is 35.5 Å². The summed E-state index contributed by atoms with van der Waals surface area (Å²) in [5, 5.41) is 0. The molecular formula is C15H29N3O. The van der Waals surface area contributed by atoms with Gasteiger partial charge >= 0.3 is 0 Å². The van der Waals surface area contributed by atoms with Crippen LogP contribution in [0.15, 0.2) is 0 Å². The van der Waals surface area contributed by atoms with Gasteiger partial charge in [-0.25, -0.2) is 0 Å². The summed E-state index contributed by atoms with van der Waals surface area (Å²) in [6.45, 7) is 9.84. The predicted molar refractivity (Wildman–Crippen MR) is 78.1 cm³/mol. The van der Waals surface area contributed by atoms with E-state index < -0.39 is 0 Å². The number of carbonyl (C=O) groups is 1. The van der Waals surface area contributed by atoms with E-state index in [0.29, 0.717) is 23.9 Å². The second-order valence-corrected chi connectivity index (χ2v) is 6.75. The Kier molecular flexibility index (Phi) is 4.51. The summed E-state index contributed by atoms with van der Waals surface area (Å²) in [4.78, 5) is 19.5. The number of carbonyl (C=O) groups excluding carboxylic acids is 1. The third-order valence-corrected chi connectivity index (χ3v) is 4.57. The zero-order valence-electron chi connectivity index (χ0n) is 13.1. The molecule has 3 atom stereocenters. The molecule has 0 radical (unpaired) electrons. The fraction of sp³-hybridized carbons (Fsp3) is 0.933. The van der Waals surface area contributed by atoms with Crippen LogP contribution in [0.4, 0.5) is 0 Å². The van der Waals surface area contributed by atoms with Gasteiger partial charge in [0.25, 0.3) is 0 Å². The van der Waals surface area contributed by atoms with Crippen molar-refractivity contribution in [2.24, 2.45) is 5.92 Å². The van der Waals surface area contributed by atoms with Crippen molar-refractivity contribution >= 4 is 5.91 Å². The zero-order chi connectivity index (χ0) is 14.2. The number of likely N-dealkylation sites (N-methyl/N-ethyl adjacent to an activating group) is 2. The number of hydrogen-bond acceptors (Lipinski definition) is 3. The number of nitrogens with zero attached hydrogens (tertiary/aromatic N) is 3. The minimum Gasteiger partial charge on any atom is -0.333 e. The van der Waals surface area contributed by atoms with Crippen LogP contribution in [0.5, 0.6) is 0 Å². The molecule has 3 fully saturated rings. The summed E-state index contributed by atoms with van der Waals surface area (Å²) < 4.78 is 0. The number of rotatable bonds is 5. The van der Waals surface area contributed by atoms with Gasteiger partial charge in [-0.05, 0) is 39.4 Å². The molecule has 3 saturated heterocycles. The molecule has 3 aliphatic heterocycles. The SMILES string of the molecule is CCN1CC2CC(C1)N2C(=O)C(CC(C)C)N(C)C. The van der Waals surface area contributed by atoms with Gasteiger partial charge in [0.05, 0.1) is 6.04 Å². The first-order valence-electron chi connectivity index (χ1n) is 7.65. The number of hydrogen-bond donors (Lipinski definition) is 0. The smallest absolute Gasteiger partial charge is 0.240 e. The quantitative estimate of drug-likeness (QED) is 0.750. The van der Waals surface area contributed by atoms with Crippen LogP contribution in [0, 0.1) is 5.92 Å². The van der Waals surface area contributed by atoms with Crippen molar-refractivity contribution in [3.05, 3.63) is 0 Å². The molecule has 0 aromatic heterocycles. The summed E-state index contributed by atoms with van der Waals surface area (Å²) in [7, 11) is 4.05. The Balaban J connectivity index is 2.00. The Hall–Kier alpha value is -0.610. The highest BCUT2D eigenvalue weighted by Gasteiger charge is 2.48. The van der Waals surface area contributed by atoms with E-state index in [0.717, 1.165) is 26.1 Å². The van der Waals surface area contributed by atoms with E-state index in [1.807, 2.05) is 14.1 Å². The summed E-state index contributed by atoms with van der Waals surface area (Å²) in [5.41, 5.74) is 0. The van der Waals surface area contributed by atoms with Crippen LogP contribution in [0.1, 0.15) is 33.6 Å². The third-order valence-electron chi connectivity index (χ3n) is 4.57. The van der Waals surface area contributed by atoms with E-state index in [-0.39, 0.29) is 6.04 Å². The number of piperidine rings is 1. The van der Waals surface area contributed by atoms with Gasteiger partial charge in [-0.2, -0.15) is 0 Å². The summed E-state index contributed by atoms with van der Waals surface area (Å²) >= 11 is 0. The standard InChI is InChI=1S/C15H29N3O/c1-6-17-9-12-8-13(10-17)18(12)15(19)14(16(4)5)7-11(2)3/h11-14H,6-10H2,1-5H3. The molecule has 0 spiro atoms. The van der Waals surface area contributed by atoms with Gasteiger partial charge in [0.15, 0.2) is 0 Å². The lowest BCUT2D eigenvalue weighted by Gasteiger charge is -2.57. The molecule has 19 heavy (non-hydrogen) atoms. The van der Waals surface area contributed by atoms with Crippen LogP contribution in [0.2, 0.25) is 0 Å². The third kappa shape index (κ3) is 2.95. The second-order valence-electron chi connectivity index (χ2n) is 6.75. The fourth-order valence-electron chi connectivity index (χ4n) is 3.47. The molecule has 0 saturated carbocycles. The molecule has 0 N–H and O–H groups in total. The maximum atomic E-state index is 12.8. The molecule has 2 bridgehead atoms. The van der Waals surface area contributed by atoms with Gasteiger partial charge in [0, 0.05) is 25.2 Å². The molecule has 1 amide bonds. The lowest BCUT2D eigenvalue weighted by molar-refractivity contribution is -0.159. The van der Waals surface area contributed by atoms with Crippen molar-refractivity contribution in [3.8, 4) is 0 Å². The molecule has 3 heterocycles. The Morgan fingerprint density at radius 2 is 1.84 bits per heavy atom. The van der Waals surface area contributed by atoms with Crippen molar-refractivity contribution < 1.29 is 4.79 Å². The predicted octanol–water partition coefficient (Wildman–Crippen LogP) is 1.27. The Bertz CT molecular complexity index is 317. The minimum atomic E-state index is 0.0541. The van der Waals surface area contributed by atoms with E-state index in [9.17, 15) is 4.79 Å². The fourth-order valence-corrected chi connectivity index (χ4v) is 3.47. The minimum absolute atomic E-state index is 0.0541. The van der Waals surface area contributed by atoms with Crippen LogP contribution in [-0.2, 0) is 4.79 Å². The van der Waals surface area contributed by atoms with Crippen LogP contribution in [0.25, 0.3) is 0 Å². The number of piperazine rings is 1. The average Bonchev–Trinajstić information content (AvgIpc) is 2.35. The first-order valence-corrected chi connectivity index (χ1v) is 7.65. The van der Waals surface area contributed by atoms with Gasteiger partial charge in [-0.3, -0.25) is 14.6 Å². The molecule has 4 nitrogen and oxygen atoms in total. The first kappa shape index (κ1) is 14.8. The van der Waals surface area contributed by atoms with Gasteiger partial charge in [0.1, 0.15) is 0 Å². The van der Waals surface area contributed by atoms with E-state index in [1.54, 1.807) is 0 Å². The highest BCUT2D eigenvalue weighted by atomic mass is 16.2. The van der Waals surface area contributed by atoms with E-state index in [1.165, 1.54) is 6.42 Å². The van der Waals surface area contributed by atoms with Crippen molar-refractivity contribution in [1.29, 1.82) is 0 Å². The summed E-state index contributed by atoms with van der Waals surface area (Å²) in [6.07, 6.45) is 2.17. The van der Waals surface area contributed by atoms with Gasteiger partial charge in [-0.1, -0.05) is 20.8 Å². The largest absolute Gasteiger partial charge is 0.333 e. The molecule has 3 unspecified atom stereocenters. The molecule has 4 heteroatoms. The summed E-state index contributed by atoms with van der Waals surface area (Å²) in [5.74, 6) is 0.917. The topological polar surface area (TPSA) is 26.8 Å². The van der Waals surface area contributed by atoms with Crippen molar-refractivity contribution in [1.82, 2.24) is 14.7 Å². The number of amides is 1. The Labute approximate surface area is 117 Å². The van der Waals surface area contributed by atoms with Crippen molar-refractivity contribution in [2.45, 2.75) is 51.7 Å². The Morgan fingerprint density at radius 3 is 2.26 bits per heavy atom. The molecule has 0 aliphatic carbocycles. The second kappa shape index (κ2) is 5.80. The van der Waals surface area contributed by atoms with E-state index in [4.69, 9.17) is 0 Å². The highest BCUT2D eigenvalue weighted by molar-refractivity contribution is 5.83. The zero-order valence-corrected chi connectivity index (χ0v) is 13.1. The van der Waals surface area contributed by atoms with Gasteiger partial charge in [-0.15, -0.1) is 0 Å². The highest BCUT2D eigenvalue weighted by Crippen LogP contribution is 2.33. The molecule has 0 aromatic carbocycles. The normalized spacial score (nSPS) is 28.7. The molecular weight excluding hydrogens is 238 g/mol. The average molecular weight is 267 g/mol. The van der Waals surface area contributed by atoms with Crippen LogP contribution >= 0.6 is 0 Å². The molecule has 3 aliphatic rings. The van der Waals surface area contributed by atoms with Crippen LogP contribution in [-0.4, -0.2) is 72.5 Å². The Morgan fingerprint density at radius 1 is 1.26 bits per heavy atom. The molecule has 0 aromatic rings. The lowest BCUT2D eigenvalue weighted by atomic mass is 9.85. The van der Waals surface area contributed by atoms with Crippen LogP contribution in [0.3, 0.4) is 0 Å². The van der Waals surface area contributed by atoms with Crippen molar-refractivity contribution in [2.75, 3.05) is 33.7 Å². The molecule has 110 valence electrons. The van der Waals surface area contributed by atoms with Gasteiger partial charge in [0.2, 0.25) is 5.91 Å². The first-order chi connectivity index (χ1) is 8.93. The number of fused-ring (bicyclic) bond motifs is 2. The lowest BCUT2D eigenvalue weighted by Crippen LogP contribution is -2.72. The van der Waals surface area contributed by atoms with Crippen molar-refractivity contribution in [3.63, 3.8) is 0 Å². The maximum Gasteiger partial charge on any atom is 0.240 e. The van der Waals surface area contributed by atoms with Gasteiger partial charge < -0.3 is 4.90 Å². The van der Waals surface area contributed by atoms with Crippen LogP contribution < -0.4 is 0 Å². The summed E-state index contributed by atoms with van der Waals surface area (Å²) in [6, 6.07) is 1.00.